The lowest BCUT2D eigenvalue weighted by Crippen LogP contribution is -2.45. The third-order valence-electron chi connectivity index (χ3n) is 6.14. The van der Waals surface area contributed by atoms with E-state index in [4.69, 9.17) is 4.74 Å². The maximum atomic E-state index is 13.4. The second-order valence-corrected chi connectivity index (χ2v) is 8.23. The van der Waals surface area contributed by atoms with E-state index in [1.165, 1.54) is 12.1 Å². The van der Waals surface area contributed by atoms with Crippen LogP contribution in [-0.2, 0) is 4.79 Å². The van der Waals surface area contributed by atoms with Crippen LogP contribution in [0.25, 0.3) is 10.8 Å². The van der Waals surface area contributed by atoms with E-state index in [-0.39, 0.29) is 29.6 Å². The van der Waals surface area contributed by atoms with Crippen molar-refractivity contribution in [2.75, 3.05) is 20.2 Å². The lowest BCUT2D eigenvalue weighted by molar-refractivity contribution is -0.127. The van der Waals surface area contributed by atoms with Gasteiger partial charge in [-0.2, -0.15) is 0 Å². The average molecular weight is 435 g/mol. The molecule has 0 unspecified atom stereocenters. The predicted octanol–water partition coefficient (Wildman–Crippen LogP) is 4.72. The molecular weight excluding hydrogens is 407 g/mol. The zero-order chi connectivity index (χ0) is 22.7. The zero-order valence-electron chi connectivity index (χ0n) is 18.3. The monoisotopic (exact) mass is 434 g/mol. The normalized spacial score (nSPS) is 17.1. The first-order chi connectivity index (χ1) is 15.5. The Labute approximate surface area is 187 Å². The van der Waals surface area contributed by atoms with Gasteiger partial charge in [-0.3, -0.25) is 9.59 Å². The molecule has 32 heavy (non-hydrogen) atoms. The minimum absolute atomic E-state index is 0.0760. The number of ether oxygens (including phenoxy) is 1. The van der Waals surface area contributed by atoms with Gasteiger partial charge in [-0.25, -0.2) is 4.39 Å². The highest BCUT2D eigenvalue weighted by molar-refractivity contribution is 6.08. The molecule has 5 nitrogen and oxygen atoms in total. The van der Waals surface area contributed by atoms with Crippen molar-refractivity contribution in [3.05, 3.63) is 77.6 Å². The van der Waals surface area contributed by atoms with E-state index in [0.29, 0.717) is 18.7 Å². The summed E-state index contributed by atoms with van der Waals surface area (Å²) < 4.78 is 18.6. The van der Waals surface area contributed by atoms with Crippen LogP contribution < -0.4 is 10.1 Å². The largest absolute Gasteiger partial charge is 0.496 e. The molecule has 3 aromatic carbocycles. The molecule has 1 N–H and O–H groups in total. The molecule has 1 heterocycles. The van der Waals surface area contributed by atoms with Crippen LogP contribution in [0.2, 0.25) is 0 Å². The fraction of sp³-hybridized carbons (Fsp3) is 0.308. The number of fused-ring (bicyclic) bond motifs is 1. The minimum Gasteiger partial charge on any atom is -0.496 e. The molecule has 1 aliphatic rings. The van der Waals surface area contributed by atoms with Gasteiger partial charge >= 0.3 is 0 Å². The van der Waals surface area contributed by atoms with Crippen molar-refractivity contribution >= 4 is 22.6 Å². The second-order valence-electron chi connectivity index (χ2n) is 8.23. The quantitative estimate of drug-likeness (QED) is 0.632. The lowest BCUT2D eigenvalue weighted by atomic mass is 9.95. The van der Waals surface area contributed by atoms with Crippen molar-refractivity contribution < 1.29 is 18.7 Å². The third kappa shape index (κ3) is 4.44. The number of carbonyl (C=O) groups excluding carboxylic acids is 2. The van der Waals surface area contributed by atoms with Crippen LogP contribution in [0.5, 0.6) is 5.75 Å². The fourth-order valence-electron chi connectivity index (χ4n) is 4.35. The number of methoxy groups -OCH3 is 1. The zero-order valence-corrected chi connectivity index (χ0v) is 18.3. The molecule has 6 heteroatoms. The Morgan fingerprint density at radius 1 is 1.06 bits per heavy atom. The van der Waals surface area contributed by atoms with Gasteiger partial charge in [-0.05, 0) is 55.0 Å². The highest BCUT2D eigenvalue weighted by Gasteiger charge is 2.30. The first-order valence-electron chi connectivity index (χ1n) is 10.9. The maximum absolute atomic E-state index is 13.4. The number of piperidine rings is 1. The summed E-state index contributed by atoms with van der Waals surface area (Å²) in [5.41, 5.74) is 1.45. The summed E-state index contributed by atoms with van der Waals surface area (Å²) >= 11 is 0. The Kier molecular flexibility index (Phi) is 6.40. The summed E-state index contributed by atoms with van der Waals surface area (Å²) in [7, 11) is 1.62. The third-order valence-corrected chi connectivity index (χ3v) is 6.14. The van der Waals surface area contributed by atoms with Crippen LogP contribution >= 0.6 is 0 Å². The van der Waals surface area contributed by atoms with E-state index in [1.807, 2.05) is 37.3 Å². The fourth-order valence-corrected chi connectivity index (χ4v) is 4.35. The lowest BCUT2D eigenvalue weighted by Gasteiger charge is -2.33. The van der Waals surface area contributed by atoms with Gasteiger partial charge in [0, 0.05) is 24.0 Å². The molecule has 1 saturated heterocycles. The number of nitrogens with one attached hydrogen (secondary N) is 1. The first kappa shape index (κ1) is 21.8. The van der Waals surface area contributed by atoms with E-state index in [0.717, 1.165) is 34.9 Å². The van der Waals surface area contributed by atoms with Crippen molar-refractivity contribution in [2.45, 2.75) is 25.8 Å². The van der Waals surface area contributed by atoms with E-state index >= 15 is 0 Å². The van der Waals surface area contributed by atoms with Crippen molar-refractivity contribution in [3.8, 4) is 5.75 Å². The smallest absolute Gasteiger partial charge is 0.254 e. The van der Waals surface area contributed by atoms with Gasteiger partial charge < -0.3 is 15.0 Å². The van der Waals surface area contributed by atoms with Crippen molar-refractivity contribution in [1.82, 2.24) is 10.2 Å². The summed E-state index contributed by atoms with van der Waals surface area (Å²) in [6.45, 7) is 2.87. The molecule has 1 aliphatic heterocycles. The molecule has 2 amide bonds. The Morgan fingerprint density at radius 2 is 1.78 bits per heavy atom. The Morgan fingerprint density at radius 3 is 2.50 bits per heavy atom. The van der Waals surface area contributed by atoms with Crippen LogP contribution in [0.3, 0.4) is 0 Å². The summed E-state index contributed by atoms with van der Waals surface area (Å²) in [5, 5.41) is 4.74. The number of halogens is 1. The van der Waals surface area contributed by atoms with E-state index in [1.54, 1.807) is 30.2 Å². The Balaban J connectivity index is 1.48. The number of benzene rings is 3. The Hall–Kier alpha value is -3.41. The summed E-state index contributed by atoms with van der Waals surface area (Å²) in [5.74, 6) is -0.0189. The van der Waals surface area contributed by atoms with E-state index in [2.05, 4.69) is 5.32 Å². The van der Waals surface area contributed by atoms with Crippen LogP contribution in [-0.4, -0.2) is 36.9 Å². The minimum atomic E-state index is -0.306. The van der Waals surface area contributed by atoms with Crippen LogP contribution in [0, 0.1) is 11.7 Å². The van der Waals surface area contributed by atoms with Crippen LogP contribution in [0.4, 0.5) is 4.39 Å². The summed E-state index contributed by atoms with van der Waals surface area (Å²) in [6.07, 6.45) is 1.50. The second kappa shape index (κ2) is 9.39. The van der Waals surface area contributed by atoms with Gasteiger partial charge in [0.2, 0.25) is 5.91 Å². The highest BCUT2D eigenvalue weighted by Crippen LogP contribution is 2.30. The SMILES string of the molecule is COc1ccc(C(=O)N2CCC[C@H](C(=O)N[C@H](C)c3ccc(F)cc3)C2)c2ccccc12. The maximum Gasteiger partial charge on any atom is 0.254 e. The number of rotatable bonds is 5. The van der Waals surface area contributed by atoms with Crippen molar-refractivity contribution in [1.29, 1.82) is 0 Å². The molecule has 4 rings (SSSR count). The molecular formula is C26H27FN2O3. The van der Waals surface area contributed by atoms with Gasteiger partial charge in [0.1, 0.15) is 11.6 Å². The topological polar surface area (TPSA) is 58.6 Å². The molecule has 0 bridgehead atoms. The summed E-state index contributed by atoms with van der Waals surface area (Å²) in [4.78, 5) is 28.1. The van der Waals surface area contributed by atoms with Crippen LogP contribution in [0.15, 0.2) is 60.7 Å². The van der Waals surface area contributed by atoms with E-state index < -0.39 is 0 Å². The number of hydrogen-bond acceptors (Lipinski definition) is 3. The number of hydrogen-bond donors (Lipinski definition) is 1. The molecule has 0 aromatic heterocycles. The molecule has 0 aliphatic carbocycles. The first-order valence-corrected chi connectivity index (χ1v) is 10.9. The average Bonchev–Trinajstić information content (AvgIpc) is 2.83. The molecule has 0 radical (unpaired) electrons. The van der Waals surface area contributed by atoms with Gasteiger partial charge in [-0.1, -0.05) is 36.4 Å². The Bertz CT molecular complexity index is 1130. The van der Waals surface area contributed by atoms with Crippen LogP contribution in [0.1, 0.15) is 41.7 Å². The van der Waals surface area contributed by atoms with Crippen molar-refractivity contribution in [3.63, 3.8) is 0 Å². The molecule has 0 saturated carbocycles. The van der Waals surface area contributed by atoms with Gasteiger partial charge in [0.15, 0.2) is 0 Å². The highest BCUT2D eigenvalue weighted by atomic mass is 19.1. The summed E-state index contributed by atoms with van der Waals surface area (Å²) in [6, 6.07) is 17.2. The molecule has 0 spiro atoms. The van der Waals surface area contributed by atoms with Gasteiger partial charge in [0.05, 0.1) is 19.1 Å². The predicted molar refractivity (Wildman–Crippen MR) is 122 cm³/mol. The number of nitrogens with zero attached hydrogens (tertiary/aromatic N) is 1. The van der Waals surface area contributed by atoms with E-state index in [9.17, 15) is 14.0 Å². The molecule has 3 aromatic rings. The number of amides is 2. The van der Waals surface area contributed by atoms with Gasteiger partial charge in [0.25, 0.3) is 5.91 Å². The number of carbonyl (C=O) groups is 2. The molecule has 2 atom stereocenters. The number of likely N-dealkylation sites (tertiary alicyclic amines) is 1. The molecule has 166 valence electrons. The van der Waals surface area contributed by atoms with Crippen molar-refractivity contribution in [2.24, 2.45) is 5.92 Å². The van der Waals surface area contributed by atoms with Gasteiger partial charge in [-0.15, -0.1) is 0 Å². The molecule has 1 fully saturated rings. The standard InChI is InChI=1S/C26H27FN2O3/c1-17(18-9-11-20(27)12-10-18)28-25(30)19-6-5-15-29(16-19)26(31)23-13-14-24(32-2)22-8-4-3-7-21(22)23/h3-4,7-14,17,19H,5-6,15-16H2,1-2H3,(H,28,30)/t17-,19+/m1/s1.